The van der Waals surface area contributed by atoms with Crippen LogP contribution in [0.15, 0.2) is 29.8 Å². The minimum atomic E-state index is 0. The fourth-order valence-electron chi connectivity index (χ4n) is 2.31. The lowest BCUT2D eigenvalue weighted by Crippen LogP contribution is -2.49. The maximum atomic E-state index is 4.70. The van der Waals surface area contributed by atoms with Crippen LogP contribution in [0.5, 0.6) is 0 Å². The predicted molar refractivity (Wildman–Crippen MR) is 85.3 cm³/mol. The molecule has 1 aliphatic rings. The molecule has 1 saturated heterocycles. The van der Waals surface area contributed by atoms with Crippen LogP contribution in [-0.4, -0.2) is 40.5 Å². The number of thiazole rings is 1. The first-order chi connectivity index (χ1) is 9.33. The van der Waals surface area contributed by atoms with Gasteiger partial charge in [-0.3, -0.25) is 9.88 Å². The molecule has 0 aliphatic carbocycles. The molecule has 0 spiro atoms. The first-order valence-electron chi connectivity index (χ1n) is 6.63. The highest BCUT2D eigenvalue weighted by Gasteiger charge is 2.19. The van der Waals surface area contributed by atoms with Crippen molar-refractivity contribution in [2.75, 3.05) is 19.6 Å². The Hall–Kier alpha value is -1.01. The molecule has 6 heteroatoms. The molecule has 0 bridgehead atoms. The van der Waals surface area contributed by atoms with E-state index in [2.05, 4.69) is 27.5 Å². The highest BCUT2D eigenvalue weighted by Crippen LogP contribution is 2.22. The molecule has 108 valence electrons. The Morgan fingerprint density at radius 2 is 2.35 bits per heavy atom. The van der Waals surface area contributed by atoms with Gasteiger partial charge in [-0.1, -0.05) is 6.07 Å². The standard InChI is InChI=1S/C14H18N4S.ClH/c1-11-8-15-6-7-18(11)9-12-10-19-14(17-12)13-4-2-3-5-16-13;/h2-5,10-11,15H,6-9H2,1H3;1H. The van der Waals surface area contributed by atoms with Crippen molar-refractivity contribution in [3.05, 3.63) is 35.5 Å². The topological polar surface area (TPSA) is 41.0 Å². The molecule has 3 rings (SSSR count). The van der Waals surface area contributed by atoms with Crippen LogP contribution in [0.4, 0.5) is 0 Å². The van der Waals surface area contributed by atoms with Crippen molar-refractivity contribution in [3.63, 3.8) is 0 Å². The molecule has 0 saturated carbocycles. The van der Waals surface area contributed by atoms with Crippen molar-refractivity contribution in [2.45, 2.75) is 19.5 Å². The molecule has 2 aromatic rings. The number of piperazine rings is 1. The maximum Gasteiger partial charge on any atom is 0.142 e. The maximum absolute atomic E-state index is 4.70. The number of halogens is 1. The van der Waals surface area contributed by atoms with E-state index in [0.717, 1.165) is 42.6 Å². The zero-order chi connectivity index (χ0) is 13.1. The van der Waals surface area contributed by atoms with Gasteiger partial charge in [-0.15, -0.1) is 23.7 Å². The Kier molecular flexibility index (Phi) is 5.48. The summed E-state index contributed by atoms with van der Waals surface area (Å²) in [5.41, 5.74) is 2.12. The van der Waals surface area contributed by atoms with E-state index in [9.17, 15) is 0 Å². The first kappa shape index (κ1) is 15.4. The summed E-state index contributed by atoms with van der Waals surface area (Å²) in [6.07, 6.45) is 1.81. The van der Waals surface area contributed by atoms with Gasteiger partial charge in [-0.05, 0) is 19.1 Å². The lowest BCUT2D eigenvalue weighted by Gasteiger charge is -2.33. The van der Waals surface area contributed by atoms with Gasteiger partial charge in [0.15, 0.2) is 0 Å². The van der Waals surface area contributed by atoms with Crippen LogP contribution in [0.25, 0.3) is 10.7 Å². The summed E-state index contributed by atoms with van der Waals surface area (Å²) in [5.74, 6) is 0. The van der Waals surface area contributed by atoms with Gasteiger partial charge in [0.05, 0.1) is 11.4 Å². The van der Waals surface area contributed by atoms with Crippen molar-refractivity contribution in [1.29, 1.82) is 0 Å². The van der Waals surface area contributed by atoms with Crippen LogP contribution in [-0.2, 0) is 6.54 Å². The van der Waals surface area contributed by atoms with E-state index in [0.29, 0.717) is 6.04 Å². The van der Waals surface area contributed by atoms with Gasteiger partial charge in [0.25, 0.3) is 0 Å². The molecule has 0 amide bonds. The van der Waals surface area contributed by atoms with Crippen LogP contribution in [0.3, 0.4) is 0 Å². The van der Waals surface area contributed by atoms with Crippen molar-refractivity contribution >= 4 is 23.7 Å². The molecule has 20 heavy (non-hydrogen) atoms. The Bertz CT molecular complexity index is 531. The fraction of sp³-hybridized carbons (Fsp3) is 0.429. The Morgan fingerprint density at radius 1 is 1.45 bits per heavy atom. The van der Waals surface area contributed by atoms with Crippen molar-refractivity contribution < 1.29 is 0 Å². The monoisotopic (exact) mass is 310 g/mol. The summed E-state index contributed by atoms with van der Waals surface area (Å²) in [6, 6.07) is 6.52. The van der Waals surface area contributed by atoms with Crippen LogP contribution in [0.1, 0.15) is 12.6 Å². The van der Waals surface area contributed by atoms with Crippen LogP contribution < -0.4 is 5.32 Å². The van der Waals surface area contributed by atoms with Gasteiger partial charge in [0, 0.05) is 43.8 Å². The van der Waals surface area contributed by atoms with E-state index in [1.807, 2.05) is 24.4 Å². The molecule has 2 aromatic heterocycles. The van der Waals surface area contributed by atoms with E-state index in [4.69, 9.17) is 4.98 Å². The molecule has 4 nitrogen and oxygen atoms in total. The minimum Gasteiger partial charge on any atom is -0.314 e. The van der Waals surface area contributed by atoms with Crippen LogP contribution in [0, 0.1) is 0 Å². The second kappa shape index (κ2) is 7.13. The van der Waals surface area contributed by atoms with Crippen molar-refractivity contribution in [1.82, 2.24) is 20.2 Å². The van der Waals surface area contributed by atoms with Gasteiger partial charge in [-0.2, -0.15) is 0 Å². The second-order valence-electron chi connectivity index (χ2n) is 4.88. The molecule has 1 atom stereocenters. The molecule has 1 unspecified atom stereocenters. The van der Waals surface area contributed by atoms with E-state index in [1.165, 1.54) is 0 Å². The highest BCUT2D eigenvalue weighted by atomic mass is 35.5. The summed E-state index contributed by atoms with van der Waals surface area (Å²) in [5, 5.41) is 6.58. The van der Waals surface area contributed by atoms with Gasteiger partial charge in [0.2, 0.25) is 0 Å². The zero-order valence-electron chi connectivity index (χ0n) is 11.5. The normalized spacial score (nSPS) is 19.6. The number of hydrogen-bond acceptors (Lipinski definition) is 5. The number of rotatable bonds is 3. The quantitative estimate of drug-likeness (QED) is 0.945. The molecule has 1 aliphatic heterocycles. The molecule has 3 heterocycles. The average Bonchev–Trinajstić information content (AvgIpc) is 2.91. The third-order valence-corrected chi connectivity index (χ3v) is 4.35. The van der Waals surface area contributed by atoms with E-state index in [1.54, 1.807) is 11.3 Å². The van der Waals surface area contributed by atoms with Crippen molar-refractivity contribution in [2.24, 2.45) is 0 Å². The number of hydrogen-bond donors (Lipinski definition) is 1. The lowest BCUT2D eigenvalue weighted by molar-refractivity contribution is 0.164. The van der Waals surface area contributed by atoms with Gasteiger partial charge in [0.1, 0.15) is 5.01 Å². The first-order valence-corrected chi connectivity index (χ1v) is 7.51. The van der Waals surface area contributed by atoms with Crippen molar-refractivity contribution in [3.8, 4) is 10.7 Å². The number of nitrogens with one attached hydrogen (secondary N) is 1. The molecule has 1 fully saturated rings. The molecule has 0 radical (unpaired) electrons. The fourth-order valence-corrected chi connectivity index (χ4v) is 3.10. The minimum absolute atomic E-state index is 0. The molecular formula is C14H19ClN4S. The second-order valence-corrected chi connectivity index (χ2v) is 5.74. The van der Waals surface area contributed by atoms with E-state index < -0.39 is 0 Å². The van der Waals surface area contributed by atoms with E-state index >= 15 is 0 Å². The average molecular weight is 311 g/mol. The SMILES string of the molecule is CC1CNCCN1Cc1csc(-c2ccccn2)n1.Cl. The summed E-state index contributed by atoms with van der Waals surface area (Å²) in [6.45, 7) is 6.43. The smallest absolute Gasteiger partial charge is 0.142 e. The third-order valence-electron chi connectivity index (χ3n) is 3.44. The summed E-state index contributed by atoms with van der Waals surface area (Å²) < 4.78 is 0. The lowest BCUT2D eigenvalue weighted by atomic mass is 10.2. The largest absolute Gasteiger partial charge is 0.314 e. The van der Waals surface area contributed by atoms with Gasteiger partial charge < -0.3 is 5.32 Å². The molecular weight excluding hydrogens is 292 g/mol. The zero-order valence-corrected chi connectivity index (χ0v) is 13.1. The molecule has 0 aromatic carbocycles. The summed E-state index contributed by atoms with van der Waals surface area (Å²) >= 11 is 1.68. The Labute approximate surface area is 129 Å². The predicted octanol–water partition coefficient (Wildman–Crippen LogP) is 2.42. The summed E-state index contributed by atoms with van der Waals surface area (Å²) in [7, 11) is 0. The van der Waals surface area contributed by atoms with E-state index in [-0.39, 0.29) is 12.4 Å². The molecule has 1 N–H and O–H groups in total. The van der Waals surface area contributed by atoms with Gasteiger partial charge >= 0.3 is 0 Å². The Morgan fingerprint density at radius 3 is 3.10 bits per heavy atom. The Balaban J connectivity index is 0.00000147. The van der Waals surface area contributed by atoms with Crippen LogP contribution >= 0.6 is 23.7 Å². The highest BCUT2D eigenvalue weighted by molar-refractivity contribution is 7.13. The van der Waals surface area contributed by atoms with Gasteiger partial charge in [-0.25, -0.2) is 4.98 Å². The number of nitrogens with zero attached hydrogens (tertiary/aromatic N) is 3. The number of aromatic nitrogens is 2. The summed E-state index contributed by atoms with van der Waals surface area (Å²) in [4.78, 5) is 11.5. The van der Waals surface area contributed by atoms with Crippen LogP contribution in [0.2, 0.25) is 0 Å². The third kappa shape index (κ3) is 3.55. The number of pyridine rings is 1.